The van der Waals surface area contributed by atoms with Crippen LogP contribution in [0.4, 0.5) is 0 Å². The summed E-state index contributed by atoms with van der Waals surface area (Å²) in [4.78, 5) is 26.9. The summed E-state index contributed by atoms with van der Waals surface area (Å²) in [5, 5.41) is 22.4. The van der Waals surface area contributed by atoms with Crippen molar-refractivity contribution < 1.29 is 19.8 Å². The molecule has 1 saturated heterocycles. The number of nitrogens with zero attached hydrogens (tertiary/aromatic N) is 2. The summed E-state index contributed by atoms with van der Waals surface area (Å²) >= 11 is 0. The molecule has 0 bridgehead atoms. The Morgan fingerprint density at radius 3 is 2.48 bits per heavy atom. The van der Waals surface area contributed by atoms with Gasteiger partial charge in [0, 0.05) is 36.6 Å². The van der Waals surface area contributed by atoms with E-state index >= 15 is 0 Å². The zero-order chi connectivity index (χ0) is 30.9. The number of aliphatic hydroxyl groups is 2. The Labute approximate surface area is 245 Å². The lowest BCUT2D eigenvalue weighted by Crippen LogP contribution is -2.49. The summed E-state index contributed by atoms with van der Waals surface area (Å²) < 4.78 is 0. The van der Waals surface area contributed by atoms with E-state index in [1.807, 2.05) is 20.9 Å². The monoisotopic (exact) mass is 561 g/mol. The molecule has 1 aliphatic carbocycles. The normalized spacial score (nSPS) is 23.6. The number of likely N-dealkylation sites (tertiary alicyclic amines) is 1. The predicted octanol–water partition coefficient (Wildman–Crippen LogP) is 5.40. The molecule has 2 aliphatic rings. The largest absolute Gasteiger partial charge is 0.382 e. The van der Waals surface area contributed by atoms with Gasteiger partial charge in [-0.2, -0.15) is 0 Å². The van der Waals surface area contributed by atoms with Crippen molar-refractivity contribution in [2.75, 3.05) is 20.1 Å². The van der Waals surface area contributed by atoms with Crippen molar-refractivity contribution in [2.24, 2.45) is 5.92 Å². The van der Waals surface area contributed by atoms with Gasteiger partial charge in [-0.25, -0.2) is 0 Å². The Bertz CT molecular complexity index is 843. The Kier molecular flexibility index (Phi) is 18.7. The first kappa shape index (κ1) is 37.8. The van der Waals surface area contributed by atoms with E-state index in [2.05, 4.69) is 88.8 Å². The third-order valence-electron chi connectivity index (χ3n) is 7.34. The maximum atomic E-state index is 12.4. The van der Waals surface area contributed by atoms with Crippen LogP contribution in [0.5, 0.6) is 0 Å². The fourth-order valence-electron chi connectivity index (χ4n) is 4.78. The molecular formula is C33H59N3O4. The zero-order valence-corrected chi connectivity index (χ0v) is 26.8. The molecule has 1 fully saturated rings. The standard InChI is InChI=1S/C17H25NO4.C14H28N2.C2H6/c1-12-6-3-2-4-7-13(10-12)14-8-5-9-18(14)17(22)16(21)15(20)11-19;1-8-10-16(14(4,5)6)11-9-12(2)13(3)15-7;1-2/h4,6-7,11,13-16,20-21H,2-3,5,8-10H2,1H3;9,11,13,15H,2,8,10H2,1,3-7H3;1-2H3/b7-4-,12-6-;11-9-;. The lowest BCUT2D eigenvalue weighted by atomic mass is 9.88. The molecule has 230 valence electrons. The highest BCUT2D eigenvalue weighted by atomic mass is 16.3. The molecule has 1 amide bonds. The van der Waals surface area contributed by atoms with Gasteiger partial charge in [0.25, 0.3) is 5.91 Å². The number of hydrogen-bond donors (Lipinski definition) is 3. The van der Waals surface area contributed by atoms with Crippen LogP contribution in [0, 0.1) is 5.92 Å². The molecule has 2 rings (SSSR count). The molecule has 3 N–H and O–H groups in total. The van der Waals surface area contributed by atoms with Gasteiger partial charge in [0.05, 0.1) is 0 Å². The second kappa shape index (κ2) is 19.8. The van der Waals surface area contributed by atoms with Crippen LogP contribution in [0.3, 0.4) is 0 Å². The molecule has 1 aliphatic heterocycles. The number of rotatable bonds is 10. The fourth-order valence-corrected chi connectivity index (χ4v) is 4.78. The average molecular weight is 562 g/mol. The van der Waals surface area contributed by atoms with Crippen molar-refractivity contribution in [3.8, 4) is 0 Å². The molecule has 1 heterocycles. The lowest BCUT2D eigenvalue weighted by Gasteiger charge is -2.34. The highest BCUT2D eigenvalue weighted by Crippen LogP contribution is 2.31. The van der Waals surface area contributed by atoms with E-state index in [0.717, 1.165) is 50.6 Å². The second-order valence-corrected chi connectivity index (χ2v) is 11.5. The summed E-state index contributed by atoms with van der Waals surface area (Å²) in [5.74, 6) is -0.317. The number of aldehydes is 1. The SMILES string of the molecule is C/C1=C/CC/C=C\C(C2CCCN2C(=O)C(O)C(O)C=O)C1.C=C(/C=C\N(CCC)C(C)(C)C)C(C)NC.CC. The molecule has 0 saturated carbocycles. The van der Waals surface area contributed by atoms with Crippen LogP contribution >= 0.6 is 0 Å². The van der Waals surface area contributed by atoms with Crippen molar-refractivity contribution in [1.29, 1.82) is 0 Å². The van der Waals surface area contributed by atoms with Crippen molar-refractivity contribution in [2.45, 2.75) is 124 Å². The van der Waals surface area contributed by atoms with Crippen LogP contribution < -0.4 is 5.32 Å². The Balaban J connectivity index is 0.000000752. The molecule has 0 aromatic rings. The number of amides is 1. The first-order valence-corrected chi connectivity index (χ1v) is 15.1. The van der Waals surface area contributed by atoms with E-state index < -0.39 is 18.1 Å². The molecule has 0 aromatic carbocycles. The van der Waals surface area contributed by atoms with E-state index in [4.69, 9.17) is 0 Å². The summed E-state index contributed by atoms with van der Waals surface area (Å²) in [6.45, 7) is 22.9. The third kappa shape index (κ3) is 13.0. The topological polar surface area (TPSA) is 93.1 Å². The number of allylic oxidation sites excluding steroid dienone is 3. The quantitative estimate of drug-likeness (QED) is 0.188. The molecular weight excluding hydrogens is 502 g/mol. The van der Waals surface area contributed by atoms with Crippen molar-refractivity contribution >= 4 is 12.2 Å². The van der Waals surface area contributed by atoms with E-state index in [1.165, 1.54) is 5.57 Å². The molecule has 5 unspecified atom stereocenters. The Morgan fingerprint density at radius 1 is 1.27 bits per heavy atom. The molecule has 0 spiro atoms. The third-order valence-corrected chi connectivity index (χ3v) is 7.34. The first-order valence-electron chi connectivity index (χ1n) is 15.1. The van der Waals surface area contributed by atoms with Gasteiger partial charge >= 0.3 is 0 Å². The van der Waals surface area contributed by atoms with Gasteiger partial charge in [-0.3, -0.25) is 4.79 Å². The van der Waals surface area contributed by atoms with Gasteiger partial charge in [-0.15, -0.1) is 0 Å². The number of carbonyl (C=O) groups is 2. The van der Waals surface area contributed by atoms with Gasteiger partial charge in [-0.1, -0.05) is 51.2 Å². The van der Waals surface area contributed by atoms with Crippen molar-refractivity contribution in [3.05, 3.63) is 48.2 Å². The summed E-state index contributed by atoms with van der Waals surface area (Å²) in [7, 11) is 1.96. The van der Waals surface area contributed by atoms with Crippen molar-refractivity contribution in [3.63, 3.8) is 0 Å². The molecule has 5 atom stereocenters. The van der Waals surface area contributed by atoms with Crippen LogP contribution in [0.2, 0.25) is 0 Å². The number of carbonyl (C=O) groups excluding carboxylic acids is 2. The Hall–Kier alpha value is -2.22. The number of nitrogens with one attached hydrogen (secondary N) is 1. The number of aliphatic hydroxyl groups excluding tert-OH is 2. The molecule has 7 nitrogen and oxygen atoms in total. The van der Waals surface area contributed by atoms with E-state index in [-0.39, 0.29) is 23.8 Å². The molecule has 0 radical (unpaired) electrons. The number of likely N-dealkylation sites (N-methyl/N-ethyl adjacent to an activating group) is 1. The predicted molar refractivity (Wildman–Crippen MR) is 168 cm³/mol. The minimum atomic E-state index is -1.66. The average Bonchev–Trinajstić information content (AvgIpc) is 3.41. The first-order chi connectivity index (χ1) is 18.9. The van der Waals surface area contributed by atoms with Crippen molar-refractivity contribution in [1.82, 2.24) is 15.1 Å². The molecule has 7 heteroatoms. The minimum absolute atomic E-state index is 0.0266. The van der Waals surface area contributed by atoms with Crippen LogP contribution in [0.15, 0.2) is 48.2 Å². The van der Waals surface area contributed by atoms with E-state index in [9.17, 15) is 19.8 Å². The van der Waals surface area contributed by atoms with Gasteiger partial charge in [0.15, 0.2) is 12.4 Å². The summed E-state index contributed by atoms with van der Waals surface area (Å²) in [6, 6.07) is 0.360. The van der Waals surface area contributed by atoms with Gasteiger partial charge in [-0.05, 0) is 98.0 Å². The van der Waals surface area contributed by atoms with Gasteiger partial charge in [0.2, 0.25) is 0 Å². The summed E-state index contributed by atoms with van der Waals surface area (Å²) in [5.41, 5.74) is 2.62. The molecule has 0 aromatic heterocycles. The zero-order valence-electron chi connectivity index (χ0n) is 26.8. The van der Waals surface area contributed by atoms with Gasteiger partial charge in [0.1, 0.15) is 6.10 Å². The van der Waals surface area contributed by atoms with Crippen LogP contribution in [-0.2, 0) is 9.59 Å². The van der Waals surface area contributed by atoms with E-state index in [0.29, 0.717) is 12.6 Å². The maximum absolute atomic E-state index is 12.4. The highest BCUT2D eigenvalue weighted by molar-refractivity contribution is 5.85. The molecule has 40 heavy (non-hydrogen) atoms. The van der Waals surface area contributed by atoms with Crippen LogP contribution in [-0.4, -0.2) is 82.2 Å². The van der Waals surface area contributed by atoms with Gasteiger partial charge < -0.3 is 30.1 Å². The smallest absolute Gasteiger partial charge is 0.254 e. The van der Waals surface area contributed by atoms with Crippen LogP contribution in [0.1, 0.15) is 93.9 Å². The second-order valence-electron chi connectivity index (χ2n) is 11.5. The highest BCUT2D eigenvalue weighted by Gasteiger charge is 2.38. The fraction of sp³-hybridized carbons (Fsp3) is 0.697. The lowest BCUT2D eigenvalue weighted by molar-refractivity contribution is -0.150. The number of hydrogen-bond acceptors (Lipinski definition) is 6. The van der Waals surface area contributed by atoms with Crippen LogP contribution in [0.25, 0.3) is 0 Å². The maximum Gasteiger partial charge on any atom is 0.254 e. The Morgan fingerprint density at radius 2 is 1.93 bits per heavy atom. The summed E-state index contributed by atoms with van der Waals surface area (Å²) in [6.07, 6.45) is 13.6. The van der Waals surface area contributed by atoms with E-state index in [1.54, 1.807) is 4.90 Å². The minimum Gasteiger partial charge on any atom is -0.382 e.